The summed E-state index contributed by atoms with van der Waals surface area (Å²) in [5.41, 5.74) is 1.46. The third kappa shape index (κ3) is 4.01. The van der Waals surface area contributed by atoms with Crippen molar-refractivity contribution in [3.8, 4) is 5.75 Å². The van der Waals surface area contributed by atoms with Crippen LogP contribution in [0.25, 0.3) is 0 Å². The van der Waals surface area contributed by atoms with Crippen LogP contribution in [0.3, 0.4) is 0 Å². The Morgan fingerprint density at radius 2 is 1.43 bits per heavy atom. The van der Waals surface area contributed by atoms with E-state index in [0.717, 1.165) is 44.1 Å². The number of nitrogens with one attached hydrogen (secondary N) is 1. The normalized spacial score (nSPS) is 20.2. The fourth-order valence-electron chi connectivity index (χ4n) is 3.92. The van der Waals surface area contributed by atoms with Crippen molar-refractivity contribution in [1.82, 2.24) is 0 Å². The zero-order valence-electron chi connectivity index (χ0n) is 13.9. The number of benzene rings is 1. The molecule has 2 fully saturated rings. The van der Waals surface area contributed by atoms with Crippen LogP contribution in [0.4, 0.5) is 0 Å². The Morgan fingerprint density at radius 3 is 2.09 bits per heavy atom. The van der Waals surface area contributed by atoms with Gasteiger partial charge in [-0.25, -0.2) is 0 Å². The monoisotopic (exact) mass is 313 g/mol. The van der Waals surface area contributed by atoms with Gasteiger partial charge in [-0.3, -0.25) is 4.79 Å². The highest BCUT2D eigenvalue weighted by molar-refractivity contribution is 6.02. The number of esters is 1. The molecule has 0 bridgehead atoms. The maximum Gasteiger partial charge on any atom is 0.314 e. The van der Waals surface area contributed by atoms with Gasteiger partial charge in [0.05, 0.1) is 5.92 Å². The molecule has 0 unspecified atom stereocenters. The standard InChI is InChI=1S/C20H27NO2/c21-19(15-9-3-1-4-10-15)17-13-7-8-14-18(17)23-20(22)16-11-5-2-6-12-16/h7-8,13-16,21H,1-6,9-12H2. The lowest BCUT2D eigenvalue weighted by atomic mass is 9.83. The smallest absolute Gasteiger partial charge is 0.314 e. The summed E-state index contributed by atoms with van der Waals surface area (Å²) in [5.74, 6) is 0.839. The average molecular weight is 313 g/mol. The Kier molecular flexibility index (Phi) is 5.47. The molecule has 1 N–H and O–H groups in total. The molecule has 1 aromatic carbocycles. The summed E-state index contributed by atoms with van der Waals surface area (Å²) in [7, 11) is 0. The zero-order chi connectivity index (χ0) is 16.1. The predicted molar refractivity (Wildman–Crippen MR) is 92.1 cm³/mol. The second kappa shape index (κ2) is 7.76. The number of carbonyl (C=O) groups is 1. The lowest BCUT2D eigenvalue weighted by Gasteiger charge is -2.24. The highest BCUT2D eigenvalue weighted by atomic mass is 16.5. The molecule has 2 saturated carbocycles. The molecule has 124 valence electrons. The topological polar surface area (TPSA) is 50.1 Å². The third-order valence-corrected chi connectivity index (χ3v) is 5.34. The van der Waals surface area contributed by atoms with Gasteiger partial charge in [0.25, 0.3) is 0 Å². The number of hydrogen-bond acceptors (Lipinski definition) is 3. The zero-order valence-corrected chi connectivity index (χ0v) is 13.9. The molecule has 0 aromatic heterocycles. The van der Waals surface area contributed by atoms with E-state index in [-0.39, 0.29) is 11.9 Å². The van der Waals surface area contributed by atoms with Gasteiger partial charge < -0.3 is 10.1 Å². The average Bonchev–Trinajstić information content (AvgIpc) is 2.63. The summed E-state index contributed by atoms with van der Waals surface area (Å²) >= 11 is 0. The maximum absolute atomic E-state index is 12.4. The Bertz CT molecular complexity index is 555. The molecule has 2 aliphatic carbocycles. The van der Waals surface area contributed by atoms with Crippen LogP contribution in [0, 0.1) is 17.2 Å². The van der Waals surface area contributed by atoms with Crippen LogP contribution in [0.5, 0.6) is 5.75 Å². The van der Waals surface area contributed by atoms with Gasteiger partial charge in [-0.1, -0.05) is 50.7 Å². The van der Waals surface area contributed by atoms with Gasteiger partial charge >= 0.3 is 5.97 Å². The van der Waals surface area contributed by atoms with Gasteiger partial charge in [-0.15, -0.1) is 0 Å². The Balaban J connectivity index is 1.72. The summed E-state index contributed by atoms with van der Waals surface area (Å²) in [6, 6.07) is 7.60. The molecule has 0 radical (unpaired) electrons. The molecule has 0 aliphatic heterocycles. The van der Waals surface area contributed by atoms with E-state index in [2.05, 4.69) is 0 Å². The minimum atomic E-state index is -0.103. The first-order valence-corrected chi connectivity index (χ1v) is 9.15. The first-order valence-electron chi connectivity index (χ1n) is 9.15. The van der Waals surface area contributed by atoms with Crippen molar-refractivity contribution in [2.24, 2.45) is 11.8 Å². The van der Waals surface area contributed by atoms with Gasteiger partial charge in [0, 0.05) is 17.2 Å². The first kappa shape index (κ1) is 16.2. The van der Waals surface area contributed by atoms with E-state index in [9.17, 15) is 4.79 Å². The van der Waals surface area contributed by atoms with Crippen molar-refractivity contribution >= 4 is 11.7 Å². The van der Waals surface area contributed by atoms with E-state index in [0.29, 0.717) is 17.4 Å². The van der Waals surface area contributed by atoms with Crippen LogP contribution in [0.1, 0.15) is 69.8 Å². The van der Waals surface area contributed by atoms with Gasteiger partial charge in [0.2, 0.25) is 0 Å². The van der Waals surface area contributed by atoms with Crippen molar-refractivity contribution in [1.29, 1.82) is 5.41 Å². The second-order valence-electron chi connectivity index (χ2n) is 7.00. The molecule has 1 aromatic rings. The van der Waals surface area contributed by atoms with Crippen molar-refractivity contribution in [3.05, 3.63) is 29.8 Å². The molecular weight excluding hydrogens is 286 g/mol. The molecule has 0 saturated heterocycles. The predicted octanol–water partition coefficient (Wildman–Crippen LogP) is 5.12. The van der Waals surface area contributed by atoms with Crippen molar-refractivity contribution in [2.75, 3.05) is 0 Å². The van der Waals surface area contributed by atoms with Gasteiger partial charge in [-0.2, -0.15) is 0 Å². The largest absolute Gasteiger partial charge is 0.426 e. The van der Waals surface area contributed by atoms with Crippen molar-refractivity contribution in [3.63, 3.8) is 0 Å². The lowest BCUT2D eigenvalue weighted by Crippen LogP contribution is -2.24. The van der Waals surface area contributed by atoms with E-state index in [1.807, 2.05) is 24.3 Å². The van der Waals surface area contributed by atoms with Crippen molar-refractivity contribution in [2.45, 2.75) is 64.2 Å². The van der Waals surface area contributed by atoms with Crippen LogP contribution in [-0.2, 0) is 4.79 Å². The Morgan fingerprint density at radius 1 is 0.870 bits per heavy atom. The van der Waals surface area contributed by atoms with Gasteiger partial charge in [-0.05, 0) is 37.8 Å². The van der Waals surface area contributed by atoms with Gasteiger partial charge in [0.1, 0.15) is 5.75 Å². The van der Waals surface area contributed by atoms with Crippen LogP contribution in [-0.4, -0.2) is 11.7 Å². The minimum Gasteiger partial charge on any atom is -0.426 e. The third-order valence-electron chi connectivity index (χ3n) is 5.34. The molecule has 0 spiro atoms. The van der Waals surface area contributed by atoms with Gasteiger partial charge in [0.15, 0.2) is 0 Å². The summed E-state index contributed by atoms with van der Waals surface area (Å²) in [6.45, 7) is 0. The van der Waals surface area contributed by atoms with E-state index < -0.39 is 0 Å². The molecule has 0 amide bonds. The SMILES string of the molecule is N=C(c1ccccc1OC(=O)C1CCCCC1)C1CCCCC1. The Hall–Kier alpha value is -1.64. The Labute approximate surface area is 138 Å². The van der Waals surface area contributed by atoms with Crippen molar-refractivity contribution < 1.29 is 9.53 Å². The lowest BCUT2D eigenvalue weighted by molar-refractivity contribution is -0.140. The van der Waals surface area contributed by atoms with Crippen LogP contribution < -0.4 is 4.74 Å². The number of carbonyl (C=O) groups excluding carboxylic acids is 1. The maximum atomic E-state index is 12.4. The first-order chi connectivity index (χ1) is 11.3. The molecule has 3 rings (SSSR count). The van der Waals surface area contributed by atoms with E-state index in [1.54, 1.807) is 0 Å². The molecule has 23 heavy (non-hydrogen) atoms. The minimum absolute atomic E-state index is 0.0423. The molecule has 3 nitrogen and oxygen atoms in total. The van der Waals surface area contributed by atoms with E-state index in [1.165, 1.54) is 25.7 Å². The second-order valence-corrected chi connectivity index (χ2v) is 7.00. The number of ether oxygens (including phenoxy) is 1. The van der Waals surface area contributed by atoms with E-state index >= 15 is 0 Å². The van der Waals surface area contributed by atoms with Crippen LogP contribution >= 0.6 is 0 Å². The molecular formula is C20H27NO2. The quantitative estimate of drug-likeness (QED) is 0.476. The fourth-order valence-corrected chi connectivity index (χ4v) is 3.92. The number of hydrogen-bond donors (Lipinski definition) is 1. The summed E-state index contributed by atoms with van der Waals surface area (Å²) in [6.07, 6.45) is 11.2. The summed E-state index contributed by atoms with van der Waals surface area (Å²) in [4.78, 5) is 12.4. The molecule has 3 heteroatoms. The molecule has 0 heterocycles. The summed E-state index contributed by atoms with van der Waals surface area (Å²) in [5, 5.41) is 8.56. The fraction of sp³-hybridized carbons (Fsp3) is 0.600. The highest BCUT2D eigenvalue weighted by Crippen LogP contribution is 2.31. The number of rotatable bonds is 4. The van der Waals surface area contributed by atoms with Crippen LogP contribution in [0.2, 0.25) is 0 Å². The van der Waals surface area contributed by atoms with Crippen LogP contribution in [0.15, 0.2) is 24.3 Å². The highest BCUT2D eigenvalue weighted by Gasteiger charge is 2.26. The number of para-hydroxylation sites is 1. The molecule has 2 aliphatic rings. The molecule has 0 atom stereocenters. The summed E-state index contributed by atoms with van der Waals surface area (Å²) < 4.78 is 5.72. The van der Waals surface area contributed by atoms with E-state index in [4.69, 9.17) is 10.1 Å².